The highest BCUT2D eigenvalue weighted by Gasteiger charge is 2.36. The number of nitrogens with zero attached hydrogens (tertiary/aromatic N) is 3. The second kappa shape index (κ2) is 7.18. The molecule has 21 heavy (non-hydrogen) atoms. The molecule has 0 bridgehead atoms. The Bertz CT molecular complexity index is 629. The summed E-state index contributed by atoms with van der Waals surface area (Å²) in [4.78, 5) is 3.89. The van der Waals surface area contributed by atoms with E-state index in [1.165, 1.54) is 22.8 Å². The van der Waals surface area contributed by atoms with Gasteiger partial charge in [0.15, 0.2) is 0 Å². The summed E-state index contributed by atoms with van der Waals surface area (Å²) in [6, 6.07) is 3.07. The van der Waals surface area contributed by atoms with E-state index in [9.17, 15) is 8.42 Å². The second-order valence-electron chi connectivity index (χ2n) is 5.06. The highest BCUT2D eigenvalue weighted by Crippen LogP contribution is 2.28. The van der Waals surface area contributed by atoms with Crippen LogP contribution in [0.5, 0.6) is 0 Å². The Morgan fingerprint density at radius 1 is 1.52 bits per heavy atom. The summed E-state index contributed by atoms with van der Waals surface area (Å²) >= 11 is 0. The lowest BCUT2D eigenvalue weighted by Crippen LogP contribution is -2.51. The normalized spacial score (nSPS) is 23.1. The molecule has 116 valence electrons. The number of hydrogen-bond acceptors (Lipinski definition) is 5. The molecule has 2 atom stereocenters. The molecule has 1 fully saturated rings. The largest absolute Gasteiger partial charge is 0.329 e. The average Bonchev–Trinajstić information content (AvgIpc) is 2.47. The Labute approximate surface area is 131 Å². The number of nitriles is 1. The summed E-state index contributed by atoms with van der Waals surface area (Å²) in [5.74, 6) is 0.232. The Hall–Kier alpha value is -1.20. The van der Waals surface area contributed by atoms with Crippen molar-refractivity contribution in [2.75, 3.05) is 13.1 Å². The van der Waals surface area contributed by atoms with Crippen LogP contribution < -0.4 is 5.73 Å². The van der Waals surface area contributed by atoms with Crippen LogP contribution in [-0.4, -0.2) is 36.8 Å². The SMILES string of the molecule is CC1CCCN(S(=O)(=O)c2cncc(C#N)c2)C1CN.Cl. The van der Waals surface area contributed by atoms with Crippen molar-refractivity contribution in [2.24, 2.45) is 11.7 Å². The van der Waals surface area contributed by atoms with Gasteiger partial charge >= 0.3 is 0 Å². The van der Waals surface area contributed by atoms with Crippen molar-refractivity contribution < 1.29 is 8.42 Å². The third kappa shape index (κ3) is 3.52. The van der Waals surface area contributed by atoms with E-state index in [1.54, 1.807) is 0 Å². The zero-order valence-corrected chi connectivity index (χ0v) is 13.4. The van der Waals surface area contributed by atoms with Gasteiger partial charge in [0.1, 0.15) is 11.0 Å². The summed E-state index contributed by atoms with van der Waals surface area (Å²) in [5, 5.41) is 8.86. The predicted molar refractivity (Wildman–Crippen MR) is 81.3 cm³/mol. The fourth-order valence-corrected chi connectivity index (χ4v) is 4.38. The van der Waals surface area contributed by atoms with Gasteiger partial charge in [0, 0.05) is 31.5 Å². The molecule has 0 radical (unpaired) electrons. The van der Waals surface area contributed by atoms with Crippen LogP contribution in [0.4, 0.5) is 0 Å². The van der Waals surface area contributed by atoms with Crippen LogP contribution in [0.1, 0.15) is 25.3 Å². The summed E-state index contributed by atoms with van der Waals surface area (Å²) in [5.41, 5.74) is 5.98. The van der Waals surface area contributed by atoms with E-state index in [0.717, 1.165) is 12.8 Å². The van der Waals surface area contributed by atoms with Crippen LogP contribution in [0.2, 0.25) is 0 Å². The molecule has 1 aliphatic rings. The number of sulfonamides is 1. The van der Waals surface area contributed by atoms with Gasteiger partial charge in [-0.05, 0) is 24.8 Å². The summed E-state index contributed by atoms with van der Waals surface area (Å²) in [6.45, 7) is 2.78. The molecular formula is C13H19ClN4O2S. The molecule has 2 N–H and O–H groups in total. The van der Waals surface area contributed by atoms with Crippen molar-refractivity contribution >= 4 is 22.4 Å². The zero-order chi connectivity index (χ0) is 14.8. The van der Waals surface area contributed by atoms with Gasteiger partial charge < -0.3 is 5.73 Å². The van der Waals surface area contributed by atoms with Crippen molar-refractivity contribution in [1.29, 1.82) is 5.26 Å². The third-order valence-electron chi connectivity index (χ3n) is 3.76. The van der Waals surface area contributed by atoms with Gasteiger partial charge in [-0.2, -0.15) is 9.57 Å². The standard InChI is InChI=1S/C13H18N4O2S.ClH/c1-10-3-2-4-17(13(10)7-15)20(18,19)12-5-11(6-14)8-16-9-12;/h5,8-10,13H,2-4,7,15H2,1H3;1H. The molecular weight excluding hydrogens is 312 g/mol. The maximum absolute atomic E-state index is 12.7. The van der Waals surface area contributed by atoms with Crippen molar-refractivity contribution in [3.05, 3.63) is 24.0 Å². The van der Waals surface area contributed by atoms with Crippen LogP contribution in [-0.2, 0) is 10.0 Å². The highest BCUT2D eigenvalue weighted by atomic mass is 35.5. The Kier molecular flexibility index (Phi) is 6.10. The van der Waals surface area contributed by atoms with E-state index >= 15 is 0 Å². The molecule has 1 aliphatic heterocycles. The Morgan fingerprint density at radius 3 is 2.86 bits per heavy atom. The first kappa shape index (κ1) is 17.9. The van der Waals surface area contributed by atoms with Gasteiger partial charge in [-0.3, -0.25) is 4.98 Å². The van der Waals surface area contributed by atoms with Gasteiger partial charge in [0.2, 0.25) is 10.0 Å². The summed E-state index contributed by atoms with van der Waals surface area (Å²) < 4.78 is 26.8. The van der Waals surface area contributed by atoms with Gasteiger partial charge in [-0.15, -0.1) is 12.4 Å². The number of pyridine rings is 1. The summed E-state index contributed by atoms with van der Waals surface area (Å²) in [7, 11) is -3.65. The van der Waals surface area contributed by atoms with Gasteiger partial charge in [-0.1, -0.05) is 6.92 Å². The number of halogens is 1. The van der Waals surface area contributed by atoms with Crippen LogP contribution in [0.3, 0.4) is 0 Å². The zero-order valence-electron chi connectivity index (χ0n) is 11.8. The number of hydrogen-bond donors (Lipinski definition) is 1. The minimum Gasteiger partial charge on any atom is -0.329 e. The molecule has 0 saturated carbocycles. The first-order chi connectivity index (χ1) is 9.50. The van der Waals surface area contributed by atoms with E-state index in [2.05, 4.69) is 4.98 Å². The van der Waals surface area contributed by atoms with Gasteiger partial charge in [0.25, 0.3) is 0 Å². The molecule has 8 heteroatoms. The molecule has 2 rings (SSSR count). The van der Waals surface area contributed by atoms with E-state index < -0.39 is 10.0 Å². The van der Waals surface area contributed by atoms with E-state index in [1.807, 2.05) is 13.0 Å². The first-order valence-corrected chi connectivity index (χ1v) is 8.01. The minimum absolute atomic E-state index is 0. The first-order valence-electron chi connectivity index (χ1n) is 6.57. The lowest BCUT2D eigenvalue weighted by molar-refractivity contribution is 0.192. The van der Waals surface area contributed by atoms with E-state index in [-0.39, 0.29) is 34.8 Å². The predicted octanol–water partition coefficient (Wildman–Crippen LogP) is 1.12. The molecule has 2 unspecified atom stereocenters. The third-order valence-corrected chi connectivity index (χ3v) is 5.64. The molecule has 1 aromatic rings. The molecule has 0 spiro atoms. The quantitative estimate of drug-likeness (QED) is 0.895. The van der Waals surface area contributed by atoms with Gasteiger partial charge in [0.05, 0.1) is 5.56 Å². The number of aromatic nitrogens is 1. The lowest BCUT2D eigenvalue weighted by atomic mass is 9.93. The van der Waals surface area contributed by atoms with Crippen LogP contribution in [0, 0.1) is 17.2 Å². The molecule has 1 saturated heterocycles. The second-order valence-corrected chi connectivity index (χ2v) is 6.95. The molecule has 1 aromatic heterocycles. The average molecular weight is 331 g/mol. The van der Waals surface area contributed by atoms with Crippen molar-refractivity contribution in [3.8, 4) is 6.07 Å². The van der Waals surface area contributed by atoms with Crippen molar-refractivity contribution in [1.82, 2.24) is 9.29 Å². The fraction of sp³-hybridized carbons (Fsp3) is 0.538. The maximum atomic E-state index is 12.7. The number of rotatable bonds is 3. The van der Waals surface area contributed by atoms with Crippen molar-refractivity contribution in [3.63, 3.8) is 0 Å². The van der Waals surface area contributed by atoms with E-state index in [0.29, 0.717) is 13.1 Å². The smallest absolute Gasteiger partial charge is 0.244 e. The molecule has 6 nitrogen and oxygen atoms in total. The Morgan fingerprint density at radius 2 is 2.24 bits per heavy atom. The van der Waals surface area contributed by atoms with Crippen LogP contribution >= 0.6 is 12.4 Å². The summed E-state index contributed by atoms with van der Waals surface area (Å²) in [6.07, 6.45) is 4.42. The van der Waals surface area contributed by atoms with Gasteiger partial charge in [-0.25, -0.2) is 8.42 Å². The van der Waals surface area contributed by atoms with E-state index in [4.69, 9.17) is 11.0 Å². The Balaban J connectivity index is 0.00000220. The molecule has 0 amide bonds. The number of piperidine rings is 1. The lowest BCUT2D eigenvalue weighted by Gasteiger charge is -2.38. The molecule has 0 aliphatic carbocycles. The van der Waals surface area contributed by atoms with Crippen molar-refractivity contribution in [2.45, 2.75) is 30.7 Å². The monoisotopic (exact) mass is 330 g/mol. The number of nitrogens with two attached hydrogens (primary N) is 1. The van der Waals surface area contributed by atoms with Crippen LogP contribution in [0.25, 0.3) is 0 Å². The molecule has 0 aromatic carbocycles. The topological polar surface area (TPSA) is 100 Å². The highest BCUT2D eigenvalue weighted by molar-refractivity contribution is 7.89. The fourth-order valence-electron chi connectivity index (χ4n) is 2.62. The minimum atomic E-state index is -3.65. The maximum Gasteiger partial charge on any atom is 0.244 e. The molecule has 2 heterocycles. The van der Waals surface area contributed by atoms with Crippen LogP contribution in [0.15, 0.2) is 23.4 Å².